The van der Waals surface area contributed by atoms with Gasteiger partial charge in [-0.1, -0.05) is 25.1 Å². The predicted octanol–water partition coefficient (Wildman–Crippen LogP) is 4.46. The Morgan fingerprint density at radius 1 is 1.08 bits per heavy atom. The number of aromatic nitrogens is 2. The Kier molecular flexibility index (Phi) is 4.47. The van der Waals surface area contributed by atoms with E-state index in [4.69, 9.17) is 12.2 Å². The third kappa shape index (κ3) is 2.99. The molecule has 4 rings (SSSR count). The van der Waals surface area contributed by atoms with Crippen LogP contribution in [0.25, 0.3) is 0 Å². The third-order valence-corrected chi connectivity index (χ3v) is 5.21. The second-order valence-corrected chi connectivity index (χ2v) is 7.00. The van der Waals surface area contributed by atoms with Crippen LogP contribution in [0.5, 0.6) is 0 Å². The van der Waals surface area contributed by atoms with E-state index in [1.165, 1.54) is 5.56 Å². The molecule has 2 aromatic heterocycles. The molecule has 3 aromatic rings. The van der Waals surface area contributed by atoms with Crippen molar-refractivity contribution in [2.45, 2.75) is 32.4 Å². The Labute approximate surface area is 159 Å². The first-order chi connectivity index (χ1) is 12.7. The molecule has 0 saturated carbocycles. The number of thiocarbonyl (C=S) groups is 1. The van der Waals surface area contributed by atoms with Gasteiger partial charge in [-0.15, -0.1) is 0 Å². The highest BCUT2D eigenvalue weighted by Gasteiger charge is 2.41. The van der Waals surface area contributed by atoms with Gasteiger partial charge in [-0.3, -0.25) is 4.98 Å². The van der Waals surface area contributed by atoms with E-state index in [-0.39, 0.29) is 12.1 Å². The van der Waals surface area contributed by atoms with Crippen molar-refractivity contribution in [2.75, 3.05) is 4.90 Å². The summed E-state index contributed by atoms with van der Waals surface area (Å²) in [5.74, 6) is 0. The summed E-state index contributed by atoms with van der Waals surface area (Å²) in [6.07, 6.45) is 2.86. The van der Waals surface area contributed by atoms with Crippen LogP contribution in [0, 0.1) is 6.92 Å². The van der Waals surface area contributed by atoms with Gasteiger partial charge in [0.1, 0.15) is 6.04 Å². The van der Waals surface area contributed by atoms with Gasteiger partial charge in [0.15, 0.2) is 5.11 Å². The number of nitrogens with one attached hydrogen (secondary N) is 2. The number of aryl methyl sites for hydroxylation is 2. The lowest BCUT2D eigenvalue weighted by Crippen LogP contribution is -2.29. The summed E-state index contributed by atoms with van der Waals surface area (Å²) in [5.41, 5.74) is 5.67. The molecule has 0 radical (unpaired) electrons. The van der Waals surface area contributed by atoms with E-state index in [9.17, 15) is 0 Å². The zero-order chi connectivity index (χ0) is 18.1. The molecule has 1 aliphatic rings. The second-order valence-electron chi connectivity index (χ2n) is 6.61. The molecule has 0 aliphatic carbocycles. The molecule has 1 fully saturated rings. The molecule has 0 amide bonds. The molecule has 0 bridgehead atoms. The second kappa shape index (κ2) is 6.92. The minimum absolute atomic E-state index is 0.00685. The van der Waals surface area contributed by atoms with Crippen LogP contribution in [0.3, 0.4) is 0 Å². The van der Waals surface area contributed by atoms with Gasteiger partial charge in [0.2, 0.25) is 0 Å². The lowest BCUT2D eigenvalue weighted by atomic mass is 10.0. The Balaban J connectivity index is 1.79. The highest BCUT2D eigenvalue weighted by Crippen LogP contribution is 2.41. The first-order valence-corrected chi connectivity index (χ1v) is 9.33. The summed E-state index contributed by atoms with van der Waals surface area (Å²) in [7, 11) is 0. The van der Waals surface area contributed by atoms with E-state index >= 15 is 0 Å². The number of benzene rings is 1. The Bertz CT molecular complexity index is 901. The molecule has 0 unspecified atom stereocenters. The van der Waals surface area contributed by atoms with Gasteiger partial charge in [-0.25, -0.2) is 0 Å². The van der Waals surface area contributed by atoms with Crippen LogP contribution in [-0.4, -0.2) is 15.1 Å². The van der Waals surface area contributed by atoms with E-state index in [1.807, 2.05) is 24.4 Å². The van der Waals surface area contributed by atoms with E-state index in [2.05, 4.69) is 70.4 Å². The SMILES string of the molecule is CCc1ccc(N2C(=S)N[C@@H](c3ccccn3)[C@@H]2c2ccc(C)[nH]2)cc1. The molecule has 5 heteroatoms. The lowest BCUT2D eigenvalue weighted by molar-refractivity contribution is 0.558. The van der Waals surface area contributed by atoms with Crippen molar-refractivity contribution >= 4 is 23.0 Å². The molecule has 0 spiro atoms. The van der Waals surface area contributed by atoms with Gasteiger partial charge >= 0.3 is 0 Å². The summed E-state index contributed by atoms with van der Waals surface area (Å²) in [6.45, 7) is 4.24. The van der Waals surface area contributed by atoms with Crippen LogP contribution < -0.4 is 10.2 Å². The zero-order valence-electron chi connectivity index (χ0n) is 14.9. The van der Waals surface area contributed by atoms with Crippen LogP contribution in [0.4, 0.5) is 5.69 Å². The van der Waals surface area contributed by atoms with Crippen molar-refractivity contribution < 1.29 is 0 Å². The van der Waals surface area contributed by atoms with Crippen LogP contribution in [0.15, 0.2) is 60.8 Å². The topological polar surface area (TPSA) is 44.0 Å². The van der Waals surface area contributed by atoms with Crippen LogP contribution in [-0.2, 0) is 6.42 Å². The summed E-state index contributed by atoms with van der Waals surface area (Å²) in [5, 5.41) is 4.20. The van der Waals surface area contributed by atoms with Gasteiger partial charge in [-0.2, -0.15) is 0 Å². The maximum absolute atomic E-state index is 5.72. The molecule has 2 N–H and O–H groups in total. The number of aromatic amines is 1. The van der Waals surface area contributed by atoms with Gasteiger partial charge in [0, 0.05) is 23.3 Å². The molecule has 3 heterocycles. The van der Waals surface area contributed by atoms with Gasteiger partial charge in [-0.05, 0) is 67.5 Å². The molecular weight excluding hydrogens is 340 g/mol. The fourth-order valence-corrected chi connectivity index (χ4v) is 3.89. The molecule has 2 atom stereocenters. The fourth-order valence-electron chi connectivity index (χ4n) is 3.54. The quantitative estimate of drug-likeness (QED) is 0.673. The van der Waals surface area contributed by atoms with Crippen molar-refractivity contribution in [1.82, 2.24) is 15.3 Å². The van der Waals surface area contributed by atoms with Crippen LogP contribution >= 0.6 is 12.2 Å². The standard InChI is InChI=1S/C21H22N4S/c1-3-15-8-10-16(11-9-15)25-20(18-12-7-14(2)23-18)19(24-21(25)26)17-6-4-5-13-22-17/h4-13,19-20,23H,3H2,1-2H3,(H,24,26)/t19-,20-/m0/s1. The lowest BCUT2D eigenvalue weighted by Gasteiger charge is -2.27. The summed E-state index contributed by atoms with van der Waals surface area (Å²) >= 11 is 5.72. The molecule has 4 nitrogen and oxygen atoms in total. The van der Waals surface area contributed by atoms with Crippen molar-refractivity contribution in [3.05, 3.63) is 83.4 Å². The average Bonchev–Trinajstić information content (AvgIpc) is 3.25. The van der Waals surface area contributed by atoms with E-state index in [0.29, 0.717) is 0 Å². The van der Waals surface area contributed by atoms with Crippen LogP contribution in [0.1, 0.15) is 41.7 Å². The van der Waals surface area contributed by atoms with E-state index in [0.717, 1.165) is 34.3 Å². The van der Waals surface area contributed by atoms with Crippen molar-refractivity contribution in [3.63, 3.8) is 0 Å². The van der Waals surface area contributed by atoms with Gasteiger partial charge in [0.05, 0.1) is 11.7 Å². The highest BCUT2D eigenvalue weighted by molar-refractivity contribution is 7.80. The monoisotopic (exact) mass is 362 g/mol. The largest absolute Gasteiger partial charge is 0.361 e. The summed E-state index contributed by atoms with van der Waals surface area (Å²) < 4.78 is 0. The number of rotatable bonds is 4. The average molecular weight is 363 g/mol. The number of hydrogen-bond donors (Lipinski definition) is 2. The molecule has 1 aromatic carbocycles. The number of nitrogens with zero attached hydrogens (tertiary/aromatic N) is 2. The first-order valence-electron chi connectivity index (χ1n) is 8.92. The molecule has 1 aliphatic heterocycles. The molecular formula is C21H22N4S. The van der Waals surface area contributed by atoms with Crippen LogP contribution in [0.2, 0.25) is 0 Å². The maximum Gasteiger partial charge on any atom is 0.174 e. The Morgan fingerprint density at radius 2 is 1.88 bits per heavy atom. The Hall–Kier alpha value is -2.66. The minimum Gasteiger partial charge on any atom is -0.361 e. The Morgan fingerprint density at radius 3 is 2.50 bits per heavy atom. The number of anilines is 1. The van der Waals surface area contributed by atoms with Crippen molar-refractivity contribution in [2.24, 2.45) is 0 Å². The van der Waals surface area contributed by atoms with Gasteiger partial charge in [0.25, 0.3) is 0 Å². The summed E-state index contributed by atoms with van der Waals surface area (Å²) in [6, 6.07) is 18.9. The first kappa shape index (κ1) is 16.8. The fraction of sp³-hybridized carbons (Fsp3) is 0.238. The smallest absolute Gasteiger partial charge is 0.174 e. The maximum atomic E-state index is 5.72. The highest BCUT2D eigenvalue weighted by atomic mass is 32.1. The normalized spacial score (nSPS) is 19.6. The summed E-state index contributed by atoms with van der Waals surface area (Å²) in [4.78, 5) is 10.3. The molecule has 1 saturated heterocycles. The van der Waals surface area contributed by atoms with Crippen molar-refractivity contribution in [3.8, 4) is 0 Å². The number of H-pyrrole nitrogens is 1. The minimum atomic E-state index is -0.00685. The van der Waals surface area contributed by atoms with Crippen molar-refractivity contribution in [1.29, 1.82) is 0 Å². The third-order valence-electron chi connectivity index (χ3n) is 4.89. The number of pyridine rings is 1. The van der Waals surface area contributed by atoms with E-state index < -0.39 is 0 Å². The molecule has 132 valence electrons. The predicted molar refractivity (Wildman–Crippen MR) is 109 cm³/mol. The number of hydrogen-bond acceptors (Lipinski definition) is 2. The van der Waals surface area contributed by atoms with Gasteiger partial charge < -0.3 is 15.2 Å². The van der Waals surface area contributed by atoms with E-state index in [1.54, 1.807) is 0 Å². The molecule has 26 heavy (non-hydrogen) atoms. The zero-order valence-corrected chi connectivity index (χ0v) is 15.8.